The molecule has 3 rings (SSSR count). The number of hydrogen-bond donors (Lipinski definition) is 1. The fourth-order valence-electron chi connectivity index (χ4n) is 3.36. The van der Waals surface area contributed by atoms with Crippen LogP contribution in [0.1, 0.15) is 13.8 Å². The van der Waals surface area contributed by atoms with Gasteiger partial charge < -0.3 is 19.5 Å². The number of rotatable bonds is 9. The van der Waals surface area contributed by atoms with Crippen LogP contribution in [0.5, 0.6) is 11.5 Å². The van der Waals surface area contributed by atoms with E-state index < -0.39 is 6.10 Å². The molecule has 1 unspecified atom stereocenters. The molecule has 7 heteroatoms. The summed E-state index contributed by atoms with van der Waals surface area (Å²) in [7, 11) is 3.28. The third-order valence-electron chi connectivity index (χ3n) is 5.20. The van der Waals surface area contributed by atoms with E-state index in [0.717, 1.165) is 18.7 Å². The summed E-state index contributed by atoms with van der Waals surface area (Å²) in [5.41, 5.74) is 1.30. The molecule has 0 saturated heterocycles. The van der Waals surface area contributed by atoms with E-state index in [1.54, 1.807) is 32.4 Å². The van der Waals surface area contributed by atoms with E-state index >= 15 is 0 Å². The normalized spacial score (nSPS) is 12.3. The molecule has 1 atom stereocenters. The molecule has 0 spiro atoms. The van der Waals surface area contributed by atoms with Crippen molar-refractivity contribution >= 4 is 10.9 Å². The maximum atomic E-state index is 12.8. The van der Waals surface area contributed by atoms with Gasteiger partial charge in [-0.2, -0.15) is 0 Å². The third kappa shape index (κ3) is 4.80. The second-order valence-corrected chi connectivity index (χ2v) is 7.16. The lowest BCUT2D eigenvalue weighted by Gasteiger charge is -2.22. The predicted octanol–water partition coefficient (Wildman–Crippen LogP) is 2.69. The Morgan fingerprint density at radius 1 is 1.10 bits per heavy atom. The summed E-state index contributed by atoms with van der Waals surface area (Å²) in [4.78, 5) is 19.6. The van der Waals surface area contributed by atoms with Gasteiger partial charge in [0.2, 0.25) is 0 Å². The van der Waals surface area contributed by atoms with Gasteiger partial charge in [0, 0.05) is 19.2 Å². The minimum absolute atomic E-state index is 0.131. The summed E-state index contributed by atoms with van der Waals surface area (Å²) >= 11 is 0. The largest absolute Gasteiger partial charge is 0.497 e. The summed E-state index contributed by atoms with van der Waals surface area (Å²) < 4.78 is 12.5. The monoisotopic (exact) mass is 411 g/mol. The van der Waals surface area contributed by atoms with Crippen LogP contribution in [0.15, 0.2) is 47.3 Å². The van der Waals surface area contributed by atoms with Crippen molar-refractivity contribution in [2.45, 2.75) is 20.0 Å². The minimum atomic E-state index is -0.551. The van der Waals surface area contributed by atoms with E-state index in [9.17, 15) is 9.90 Å². The zero-order valence-electron chi connectivity index (χ0n) is 18.0. The molecule has 1 heterocycles. The number of aromatic nitrogens is 2. The Morgan fingerprint density at radius 3 is 2.40 bits per heavy atom. The highest BCUT2D eigenvalue weighted by molar-refractivity contribution is 5.81. The number of aliphatic hydroxyl groups is 1. The Balaban J connectivity index is 1.77. The zero-order valence-corrected chi connectivity index (χ0v) is 18.0. The fraction of sp³-hybridized carbons (Fsp3) is 0.391. The smallest absolute Gasteiger partial charge is 0.261 e. The molecule has 0 saturated carbocycles. The maximum Gasteiger partial charge on any atom is 0.261 e. The highest BCUT2D eigenvalue weighted by Gasteiger charge is 2.12. The summed E-state index contributed by atoms with van der Waals surface area (Å²) in [6.45, 7) is 6.74. The molecule has 1 N–H and O–H groups in total. The highest BCUT2D eigenvalue weighted by atomic mass is 16.5. The number of fused-ring (bicyclic) bond motifs is 1. The van der Waals surface area contributed by atoms with Crippen molar-refractivity contribution < 1.29 is 14.6 Å². The number of aliphatic hydroxyl groups excluding tert-OH is 1. The molecule has 3 aromatic rings. The predicted molar refractivity (Wildman–Crippen MR) is 118 cm³/mol. The molecule has 160 valence electrons. The zero-order chi connectivity index (χ0) is 21.7. The molecule has 7 nitrogen and oxygen atoms in total. The number of nitrogens with zero attached hydrogens (tertiary/aromatic N) is 3. The number of ether oxygens (including phenoxy) is 2. The van der Waals surface area contributed by atoms with E-state index in [4.69, 9.17) is 9.47 Å². The Kier molecular flexibility index (Phi) is 7.07. The Morgan fingerprint density at radius 2 is 1.77 bits per heavy atom. The molecule has 0 bridgehead atoms. The number of methoxy groups -OCH3 is 1. The van der Waals surface area contributed by atoms with Gasteiger partial charge in [-0.05, 0) is 55.6 Å². The first-order valence-electron chi connectivity index (χ1n) is 10.1. The maximum absolute atomic E-state index is 12.8. The van der Waals surface area contributed by atoms with Crippen molar-refractivity contribution in [2.24, 2.45) is 7.05 Å². The van der Waals surface area contributed by atoms with E-state index in [2.05, 4.69) is 23.7 Å². The molecule has 0 radical (unpaired) electrons. The molecule has 2 aromatic carbocycles. The third-order valence-corrected chi connectivity index (χ3v) is 5.20. The summed E-state index contributed by atoms with van der Waals surface area (Å²) in [5, 5.41) is 10.7. The second kappa shape index (κ2) is 9.73. The average molecular weight is 412 g/mol. The molecular formula is C23H29N3O4. The van der Waals surface area contributed by atoms with E-state index in [0.29, 0.717) is 34.8 Å². The van der Waals surface area contributed by atoms with Gasteiger partial charge in [0.15, 0.2) is 0 Å². The molecule has 0 aliphatic rings. The van der Waals surface area contributed by atoms with Gasteiger partial charge in [-0.25, -0.2) is 4.98 Å². The summed E-state index contributed by atoms with van der Waals surface area (Å²) in [6, 6.07) is 12.7. The first kappa shape index (κ1) is 21.8. The van der Waals surface area contributed by atoms with Crippen LogP contribution in [0, 0.1) is 0 Å². The van der Waals surface area contributed by atoms with E-state index in [-0.39, 0.29) is 12.2 Å². The lowest BCUT2D eigenvalue weighted by Crippen LogP contribution is -2.35. The average Bonchev–Trinajstić information content (AvgIpc) is 2.78. The second-order valence-electron chi connectivity index (χ2n) is 7.16. The first-order chi connectivity index (χ1) is 14.5. The van der Waals surface area contributed by atoms with Crippen LogP contribution in [-0.2, 0) is 7.05 Å². The topological polar surface area (TPSA) is 76.8 Å². The lowest BCUT2D eigenvalue weighted by atomic mass is 10.1. The van der Waals surface area contributed by atoms with Gasteiger partial charge in [0.05, 0.1) is 18.0 Å². The van der Waals surface area contributed by atoms with E-state index in [1.165, 1.54) is 4.57 Å². The number of benzene rings is 2. The fourth-order valence-corrected chi connectivity index (χ4v) is 3.36. The van der Waals surface area contributed by atoms with Crippen molar-refractivity contribution in [3.8, 4) is 22.9 Å². The summed E-state index contributed by atoms with van der Waals surface area (Å²) in [5.74, 6) is 1.86. The quantitative estimate of drug-likeness (QED) is 0.583. The van der Waals surface area contributed by atoms with Gasteiger partial charge in [-0.1, -0.05) is 13.8 Å². The Hall–Kier alpha value is -2.90. The highest BCUT2D eigenvalue weighted by Crippen LogP contribution is 2.23. The van der Waals surface area contributed by atoms with Crippen molar-refractivity contribution in [1.29, 1.82) is 0 Å². The molecule has 0 aliphatic heterocycles. The molecule has 1 aromatic heterocycles. The van der Waals surface area contributed by atoms with Crippen molar-refractivity contribution in [2.75, 3.05) is 33.4 Å². The van der Waals surface area contributed by atoms with Crippen molar-refractivity contribution in [3.63, 3.8) is 0 Å². The SMILES string of the molecule is CCN(CC)CC(O)COc1ccc(-c2nc3ccc(OC)cc3c(=O)n2C)cc1. The van der Waals surface area contributed by atoms with E-state index in [1.807, 2.05) is 24.3 Å². The number of likely N-dealkylation sites (N-methyl/N-ethyl adjacent to an activating group) is 1. The van der Waals surface area contributed by atoms with Crippen LogP contribution < -0.4 is 15.0 Å². The van der Waals surface area contributed by atoms with Crippen LogP contribution in [0.2, 0.25) is 0 Å². The standard InChI is InChI=1S/C23H29N3O4/c1-5-26(6-2)14-17(27)15-30-18-9-7-16(8-10-18)22-24-21-12-11-19(29-4)13-20(21)23(28)25(22)3/h7-13,17,27H,5-6,14-15H2,1-4H3. The molecule has 0 fully saturated rings. The van der Waals surface area contributed by atoms with Crippen molar-refractivity contribution in [3.05, 3.63) is 52.8 Å². The van der Waals surface area contributed by atoms with Crippen LogP contribution in [0.4, 0.5) is 0 Å². The van der Waals surface area contributed by atoms with Crippen LogP contribution in [0.25, 0.3) is 22.3 Å². The van der Waals surface area contributed by atoms with Crippen LogP contribution >= 0.6 is 0 Å². The lowest BCUT2D eigenvalue weighted by molar-refractivity contribution is 0.0716. The molecular weight excluding hydrogens is 382 g/mol. The van der Waals surface area contributed by atoms with Gasteiger partial charge in [0.1, 0.15) is 30.0 Å². The van der Waals surface area contributed by atoms with Gasteiger partial charge in [0.25, 0.3) is 5.56 Å². The molecule has 0 aliphatic carbocycles. The number of hydrogen-bond acceptors (Lipinski definition) is 6. The van der Waals surface area contributed by atoms with Crippen LogP contribution in [-0.4, -0.2) is 59.0 Å². The van der Waals surface area contributed by atoms with Crippen molar-refractivity contribution in [1.82, 2.24) is 14.5 Å². The molecule has 0 amide bonds. The molecule has 30 heavy (non-hydrogen) atoms. The van der Waals surface area contributed by atoms with Gasteiger partial charge in [-0.15, -0.1) is 0 Å². The minimum Gasteiger partial charge on any atom is -0.497 e. The Bertz CT molecular complexity index is 1040. The first-order valence-corrected chi connectivity index (χ1v) is 10.1. The van der Waals surface area contributed by atoms with Gasteiger partial charge in [-0.3, -0.25) is 9.36 Å². The van der Waals surface area contributed by atoms with Crippen LogP contribution in [0.3, 0.4) is 0 Å². The Labute approximate surface area is 176 Å². The summed E-state index contributed by atoms with van der Waals surface area (Å²) in [6.07, 6.45) is -0.551. The van der Waals surface area contributed by atoms with Gasteiger partial charge >= 0.3 is 0 Å².